The zero-order valence-electron chi connectivity index (χ0n) is 8.69. The zero-order chi connectivity index (χ0) is 10.4. The zero-order valence-corrected chi connectivity index (χ0v) is 8.69. The van der Waals surface area contributed by atoms with E-state index in [1.165, 1.54) is 0 Å². The van der Waals surface area contributed by atoms with Gasteiger partial charge in [-0.25, -0.2) is 0 Å². The van der Waals surface area contributed by atoms with Crippen molar-refractivity contribution >= 4 is 0 Å². The first-order valence-corrected chi connectivity index (χ1v) is 4.86. The van der Waals surface area contributed by atoms with Crippen molar-refractivity contribution in [1.29, 1.82) is 0 Å². The normalized spacial score (nSPS) is 12.2. The van der Waals surface area contributed by atoms with Gasteiger partial charge < -0.3 is 15.2 Å². The predicted molar refractivity (Wildman–Crippen MR) is 56.8 cm³/mol. The standard InChI is InChI=1S/C11H17NO2/c1-3-13-10-6-4-5-7-11(10)14-9(2)8-12/h4-7,9H,3,8,12H2,1-2H3/t9-/m1/s1. The molecule has 0 radical (unpaired) electrons. The van der Waals surface area contributed by atoms with Crippen molar-refractivity contribution in [3.8, 4) is 11.5 Å². The van der Waals surface area contributed by atoms with Gasteiger partial charge in [-0.05, 0) is 26.0 Å². The van der Waals surface area contributed by atoms with E-state index in [0.29, 0.717) is 13.2 Å². The van der Waals surface area contributed by atoms with E-state index >= 15 is 0 Å². The molecule has 3 nitrogen and oxygen atoms in total. The summed E-state index contributed by atoms with van der Waals surface area (Å²) >= 11 is 0. The molecule has 0 bridgehead atoms. The molecule has 0 heterocycles. The van der Waals surface area contributed by atoms with Gasteiger partial charge in [-0.2, -0.15) is 0 Å². The lowest BCUT2D eigenvalue weighted by Crippen LogP contribution is -2.23. The van der Waals surface area contributed by atoms with E-state index in [4.69, 9.17) is 15.2 Å². The lowest BCUT2D eigenvalue weighted by atomic mass is 10.3. The quantitative estimate of drug-likeness (QED) is 0.779. The smallest absolute Gasteiger partial charge is 0.161 e. The average Bonchev–Trinajstić information content (AvgIpc) is 2.21. The highest BCUT2D eigenvalue weighted by Gasteiger charge is 2.06. The van der Waals surface area contributed by atoms with Crippen molar-refractivity contribution in [2.75, 3.05) is 13.2 Å². The van der Waals surface area contributed by atoms with Crippen LogP contribution in [0.3, 0.4) is 0 Å². The molecule has 0 aromatic heterocycles. The molecule has 1 aromatic rings. The first-order chi connectivity index (χ1) is 6.77. The highest BCUT2D eigenvalue weighted by atomic mass is 16.5. The summed E-state index contributed by atoms with van der Waals surface area (Å²) in [7, 11) is 0. The van der Waals surface area contributed by atoms with Crippen LogP contribution in [-0.4, -0.2) is 19.3 Å². The lowest BCUT2D eigenvalue weighted by molar-refractivity contribution is 0.214. The van der Waals surface area contributed by atoms with Gasteiger partial charge in [0.25, 0.3) is 0 Å². The van der Waals surface area contributed by atoms with Crippen molar-refractivity contribution in [1.82, 2.24) is 0 Å². The third kappa shape index (κ3) is 2.92. The van der Waals surface area contributed by atoms with Gasteiger partial charge >= 0.3 is 0 Å². The fourth-order valence-electron chi connectivity index (χ4n) is 1.09. The number of para-hydroxylation sites is 2. The molecule has 14 heavy (non-hydrogen) atoms. The first kappa shape index (κ1) is 10.9. The van der Waals surface area contributed by atoms with Gasteiger partial charge in [-0.1, -0.05) is 12.1 Å². The highest BCUT2D eigenvalue weighted by molar-refractivity contribution is 5.39. The molecule has 0 saturated carbocycles. The van der Waals surface area contributed by atoms with E-state index in [1.54, 1.807) is 0 Å². The molecule has 0 amide bonds. The second kappa shape index (κ2) is 5.50. The Kier molecular flexibility index (Phi) is 4.26. The van der Waals surface area contributed by atoms with Crippen LogP contribution in [-0.2, 0) is 0 Å². The van der Waals surface area contributed by atoms with Crippen LogP contribution in [0, 0.1) is 0 Å². The summed E-state index contributed by atoms with van der Waals surface area (Å²) in [6, 6.07) is 7.62. The molecule has 1 aromatic carbocycles. The van der Waals surface area contributed by atoms with Crippen LogP contribution in [0.2, 0.25) is 0 Å². The average molecular weight is 195 g/mol. The molecule has 0 aliphatic rings. The minimum atomic E-state index is 0.0107. The molecule has 0 unspecified atom stereocenters. The number of benzene rings is 1. The van der Waals surface area contributed by atoms with Crippen molar-refractivity contribution in [2.45, 2.75) is 20.0 Å². The second-order valence-corrected chi connectivity index (χ2v) is 3.04. The monoisotopic (exact) mass is 195 g/mol. The molecular formula is C11H17NO2. The van der Waals surface area contributed by atoms with Gasteiger partial charge in [0.05, 0.1) is 6.61 Å². The molecule has 0 fully saturated rings. The van der Waals surface area contributed by atoms with Crippen molar-refractivity contribution in [2.24, 2.45) is 5.73 Å². The Balaban J connectivity index is 2.73. The molecule has 2 N–H and O–H groups in total. The molecule has 0 aliphatic heterocycles. The molecule has 1 rings (SSSR count). The van der Waals surface area contributed by atoms with E-state index in [1.807, 2.05) is 38.1 Å². The van der Waals surface area contributed by atoms with Crippen LogP contribution in [0.1, 0.15) is 13.8 Å². The Morgan fingerprint density at radius 2 is 1.93 bits per heavy atom. The lowest BCUT2D eigenvalue weighted by Gasteiger charge is -2.15. The Bertz CT molecular complexity index is 276. The number of nitrogens with two attached hydrogens (primary N) is 1. The van der Waals surface area contributed by atoms with Gasteiger partial charge in [-0.3, -0.25) is 0 Å². The Morgan fingerprint density at radius 1 is 1.29 bits per heavy atom. The van der Waals surface area contributed by atoms with E-state index < -0.39 is 0 Å². The summed E-state index contributed by atoms with van der Waals surface area (Å²) in [5, 5.41) is 0. The molecular weight excluding hydrogens is 178 g/mol. The summed E-state index contributed by atoms with van der Waals surface area (Å²) in [5.74, 6) is 1.53. The number of ether oxygens (including phenoxy) is 2. The largest absolute Gasteiger partial charge is 0.490 e. The van der Waals surface area contributed by atoms with Crippen molar-refractivity contribution < 1.29 is 9.47 Å². The van der Waals surface area contributed by atoms with Crippen LogP contribution in [0.15, 0.2) is 24.3 Å². The van der Waals surface area contributed by atoms with E-state index in [9.17, 15) is 0 Å². The van der Waals surface area contributed by atoms with Gasteiger partial charge in [-0.15, -0.1) is 0 Å². The maximum atomic E-state index is 5.60. The molecule has 3 heteroatoms. The fraction of sp³-hybridized carbons (Fsp3) is 0.455. The van der Waals surface area contributed by atoms with Crippen molar-refractivity contribution in [3.05, 3.63) is 24.3 Å². The molecule has 0 saturated heterocycles. The summed E-state index contributed by atoms with van der Waals surface area (Å²) in [6.45, 7) is 5.02. The van der Waals surface area contributed by atoms with Gasteiger partial charge in [0, 0.05) is 6.54 Å². The topological polar surface area (TPSA) is 44.5 Å². The highest BCUT2D eigenvalue weighted by Crippen LogP contribution is 2.26. The molecule has 0 aliphatic carbocycles. The maximum Gasteiger partial charge on any atom is 0.161 e. The molecule has 1 atom stereocenters. The van der Waals surface area contributed by atoms with Crippen LogP contribution < -0.4 is 15.2 Å². The predicted octanol–water partition coefficient (Wildman–Crippen LogP) is 1.81. The molecule has 78 valence electrons. The van der Waals surface area contributed by atoms with Crippen LogP contribution in [0.4, 0.5) is 0 Å². The van der Waals surface area contributed by atoms with E-state index in [-0.39, 0.29) is 6.10 Å². The van der Waals surface area contributed by atoms with Crippen LogP contribution in [0.25, 0.3) is 0 Å². The number of hydrogen-bond acceptors (Lipinski definition) is 3. The van der Waals surface area contributed by atoms with Crippen LogP contribution in [0.5, 0.6) is 11.5 Å². The number of rotatable bonds is 5. The third-order valence-electron chi connectivity index (χ3n) is 1.81. The van der Waals surface area contributed by atoms with E-state index in [0.717, 1.165) is 11.5 Å². The third-order valence-corrected chi connectivity index (χ3v) is 1.81. The van der Waals surface area contributed by atoms with E-state index in [2.05, 4.69) is 0 Å². The fourth-order valence-corrected chi connectivity index (χ4v) is 1.09. The SMILES string of the molecule is CCOc1ccccc1O[C@H](C)CN. The number of hydrogen-bond donors (Lipinski definition) is 1. The Hall–Kier alpha value is -1.22. The summed E-state index contributed by atoms with van der Waals surface area (Å²) in [6.07, 6.45) is 0.0107. The Morgan fingerprint density at radius 3 is 2.50 bits per heavy atom. The minimum absolute atomic E-state index is 0.0107. The van der Waals surface area contributed by atoms with Gasteiger partial charge in [0.2, 0.25) is 0 Å². The second-order valence-electron chi connectivity index (χ2n) is 3.04. The Labute approximate surface area is 84.8 Å². The molecule has 0 spiro atoms. The summed E-state index contributed by atoms with van der Waals surface area (Å²) in [5.41, 5.74) is 5.48. The minimum Gasteiger partial charge on any atom is -0.490 e. The maximum absolute atomic E-state index is 5.60. The van der Waals surface area contributed by atoms with Gasteiger partial charge in [0.15, 0.2) is 11.5 Å². The van der Waals surface area contributed by atoms with Gasteiger partial charge in [0.1, 0.15) is 6.10 Å². The first-order valence-electron chi connectivity index (χ1n) is 4.86. The van der Waals surface area contributed by atoms with Crippen LogP contribution >= 0.6 is 0 Å². The summed E-state index contributed by atoms with van der Waals surface area (Å²) < 4.78 is 11.0. The summed E-state index contributed by atoms with van der Waals surface area (Å²) in [4.78, 5) is 0. The van der Waals surface area contributed by atoms with Crippen molar-refractivity contribution in [3.63, 3.8) is 0 Å².